The van der Waals surface area contributed by atoms with Crippen LogP contribution in [0.3, 0.4) is 0 Å². The predicted molar refractivity (Wildman–Crippen MR) is 76.4 cm³/mol. The van der Waals surface area contributed by atoms with Crippen molar-refractivity contribution in [2.75, 3.05) is 11.9 Å². The number of rotatable bonds is 4. The fourth-order valence-electron chi connectivity index (χ4n) is 1.45. The van der Waals surface area contributed by atoms with Crippen LogP contribution in [0.25, 0.3) is 5.69 Å². The van der Waals surface area contributed by atoms with E-state index in [2.05, 4.69) is 43.2 Å². The lowest BCUT2D eigenvalue weighted by molar-refractivity contribution is 0.253. The molecule has 2 amide bonds. The second kappa shape index (κ2) is 6.14. The van der Waals surface area contributed by atoms with E-state index in [0.29, 0.717) is 16.7 Å². The molecule has 0 radical (unpaired) electrons. The summed E-state index contributed by atoms with van der Waals surface area (Å²) in [6.45, 7) is 4.00. The highest BCUT2D eigenvalue weighted by Crippen LogP contribution is 2.18. The number of carbonyl (C=O) groups is 1. The van der Waals surface area contributed by atoms with Gasteiger partial charge in [0, 0.05) is 4.48 Å². The zero-order chi connectivity index (χ0) is 13.7. The van der Waals surface area contributed by atoms with Crippen molar-refractivity contribution in [2.24, 2.45) is 0 Å². The number of urea groups is 1. The average molecular weight is 322 g/mol. The van der Waals surface area contributed by atoms with Gasteiger partial charge in [-0.05, 0) is 12.1 Å². The van der Waals surface area contributed by atoms with Crippen LogP contribution >= 0.6 is 15.9 Å². The molecule has 0 spiro atoms. The van der Waals surface area contributed by atoms with Crippen LogP contribution in [0.4, 0.5) is 10.5 Å². The summed E-state index contributed by atoms with van der Waals surface area (Å²) >= 11 is 3.17. The molecule has 1 aromatic carbocycles. The molecule has 0 aliphatic carbocycles. The van der Waals surface area contributed by atoms with Crippen LogP contribution in [0.2, 0.25) is 0 Å². The number of hydrogen-bond acceptors (Lipinski definition) is 3. The van der Waals surface area contributed by atoms with E-state index in [9.17, 15) is 4.79 Å². The van der Waals surface area contributed by atoms with Crippen LogP contribution in [0.5, 0.6) is 0 Å². The average Bonchev–Trinajstić information content (AvgIpc) is 2.91. The highest BCUT2D eigenvalue weighted by atomic mass is 79.9. The molecule has 0 atom stereocenters. The van der Waals surface area contributed by atoms with Crippen molar-refractivity contribution in [3.05, 3.63) is 48.0 Å². The van der Waals surface area contributed by atoms with E-state index < -0.39 is 0 Å². The third kappa shape index (κ3) is 3.65. The van der Waals surface area contributed by atoms with Gasteiger partial charge in [0.2, 0.25) is 0 Å². The van der Waals surface area contributed by atoms with Gasteiger partial charge in [0.1, 0.15) is 12.7 Å². The molecule has 7 heteroatoms. The monoisotopic (exact) mass is 321 g/mol. The third-order valence-corrected chi connectivity index (χ3v) is 2.54. The second-order valence-electron chi connectivity index (χ2n) is 3.68. The maximum absolute atomic E-state index is 11.7. The Morgan fingerprint density at radius 3 is 2.89 bits per heavy atom. The molecule has 0 fully saturated rings. The number of carbonyl (C=O) groups excluding carboxylic acids is 1. The van der Waals surface area contributed by atoms with Gasteiger partial charge in [0.25, 0.3) is 0 Å². The highest BCUT2D eigenvalue weighted by molar-refractivity contribution is 9.11. The number of nitrogens with zero attached hydrogens (tertiary/aromatic N) is 3. The van der Waals surface area contributed by atoms with Crippen molar-refractivity contribution in [1.82, 2.24) is 20.1 Å². The number of nitrogens with one attached hydrogen (secondary N) is 2. The molecule has 6 nitrogen and oxygen atoms in total. The van der Waals surface area contributed by atoms with E-state index >= 15 is 0 Å². The van der Waals surface area contributed by atoms with Gasteiger partial charge >= 0.3 is 6.03 Å². The Kier molecular flexibility index (Phi) is 4.30. The molecule has 1 heterocycles. The Bertz CT molecular complexity index is 582. The molecule has 2 aromatic rings. The first-order valence-electron chi connectivity index (χ1n) is 5.49. The van der Waals surface area contributed by atoms with E-state index in [1.165, 1.54) is 6.33 Å². The molecule has 98 valence electrons. The summed E-state index contributed by atoms with van der Waals surface area (Å²) in [6, 6.07) is 7.01. The summed E-state index contributed by atoms with van der Waals surface area (Å²) < 4.78 is 2.28. The zero-order valence-corrected chi connectivity index (χ0v) is 11.6. The summed E-state index contributed by atoms with van der Waals surface area (Å²) in [7, 11) is 0. The molecule has 0 aliphatic heterocycles. The minimum absolute atomic E-state index is 0.312. The van der Waals surface area contributed by atoms with E-state index in [1.807, 2.05) is 18.2 Å². The minimum Gasteiger partial charge on any atom is -0.333 e. The molecule has 2 rings (SSSR count). The molecule has 0 saturated heterocycles. The van der Waals surface area contributed by atoms with Gasteiger partial charge < -0.3 is 10.6 Å². The molecular weight excluding hydrogens is 310 g/mol. The van der Waals surface area contributed by atoms with Crippen LogP contribution < -0.4 is 10.6 Å². The Morgan fingerprint density at radius 2 is 2.21 bits per heavy atom. The van der Waals surface area contributed by atoms with Crippen molar-refractivity contribution < 1.29 is 4.79 Å². The second-order valence-corrected chi connectivity index (χ2v) is 4.80. The van der Waals surface area contributed by atoms with Crippen molar-refractivity contribution in [3.8, 4) is 5.69 Å². The summed E-state index contributed by atoms with van der Waals surface area (Å²) in [5.74, 6) is 0. The lowest BCUT2D eigenvalue weighted by Crippen LogP contribution is -2.29. The number of para-hydroxylation sites is 2. The van der Waals surface area contributed by atoms with Crippen molar-refractivity contribution in [2.45, 2.75) is 0 Å². The molecule has 0 aliphatic rings. The highest BCUT2D eigenvalue weighted by Gasteiger charge is 2.07. The van der Waals surface area contributed by atoms with Crippen LogP contribution in [-0.2, 0) is 0 Å². The topological polar surface area (TPSA) is 71.8 Å². The van der Waals surface area contributed by atoms with Crippen LogP contribution in [0, 0.1) is 0 Å². The smallest absolute Gasteiger partial charge is 0.319 e. The molecule has 2 N–H and O–H groups in total. The first-order valence-corrected chi connectivity index (χ1v) is 6.28. The quantitative estimate of drug-likeness (QED) is 0.907. The number of benzene rings is 1. The lowest BCUT2D eigenvalue weighted by Gasteiger charge is -2.11. The minimum atomic E-state index is -0.312. The number of aromatic nitrogens is 3. The number of halogens is 1. The molecule has 1 aromatic heterocycles. The van der Waals surface area contributed by atoms with Crippen LogP contribution in [-0.4, -0.2) is 27.3 Å². The van der Waals surface area contributed by atoms with Gasteiger partial charge in [-0.1, -0.05) is 34.6 Å². The Morgan fingerprint density at radius 1 is 1.42 bits per heavy atom. The molecular formula is C12H12BrN5O. The van der Waals surface area contributed by atoms with Gasteiger partial charge in [0.15, 0.2) is 0 Å². The summed E-state index contributed by atoms with van der Waals surface area (Å²) in [5.41, 5.74) is 1.39. The maximum Gasteiger partial charge on any atom is 0.319 e. The predicted octanol–water partition coefficient (Wildman–Crippen LogP) is 2.30. The fourth-order valence-corrected chi connectivity index (χ4v) is 1.59. The fraction of sp³-hybridized carbons (Fsp3) is 0.0833. The SMILES string of the molecule is C=C(Br)CNC(=O)Nc1ccccc1-n1cncn1. The number of anilines is 1. The Labute approximate surface area is 118 Å². The first-order chi connectivity index (χ1) is 9.16. The molecule has 19 heavy (non-hydrogen) atoms. The van der Waals surface area contributed by atoms with Crippen LogP contribution in [0.1, 0.15) is 0 Å². The van der Waals surface area contributed by atoms with Gasteiger partial charge in [-0.2, -0.15) is 5.10 Å². The summed E-state index contributed by atoms with van der Waals surface area (Å²) in [6.07, 6.45) is 3.00. The van der Waals surface area contributed by atoms with Gasteiger partial charge in [-0.3, -0.25) is 0 Å². The van der Waals surface area contributed by atoms with E-state index in [0.717, 1.165) is 5.69 Å². The van der Waals surface area contributed by atoms with Crippen molar-refractivity contribution in [1.29, 1.82) is 0 Å². The van der Waals surface area contributed by atoms with Gasteiger partial charge in [0.05, 0.1) is 17.9 Å². The first kappa shape index (κ1) is 13.3. The number of amides is 2. The van der Waals surface area contributed by atoms with E-state index in [4.69, 9.17) is 0 Å². The molecule has 0 saturated carbocycles. The maximum atomic E-state index is 11.7. The van der Waals surface area contributed by atoms with E-state index in [1.54, 1.807) is 17.1 Å². The Balaban J connectivity index is 2.12. The van der Waals surface area contributed by atoms with Gasteiger partial charge in [-0.15, -0.1) is 0 Å². The third-order valence-electron chi connectivity index (χ3n) is 2.26. The zero-order valence-electron chi connectivity index (χ0n) is 10.0. The molecule has 0 bridgehead atoms. The van der Waals surface area contributed by atoms with Crippen LogP contribution in [0.15, 0.2) is 48.0 Å². The lowest BCUT2D eigenvalue weighted by atomic mass is 10.2. The normalized spacial score (nSPS) is 9.95. The van der Waals surface area contributed by atoms with E-state index in [-0.39, 0.29) is 6.03 Å². The largest absolute Gasteiger partial charge is 0.333 e. The van der Waals surface area contributed by atoms with Crippen molar-refractivity contribution >= 4 is 27.6 Å². The summed E-state index contributed by atoms with van der Waals surface area (Å²) in [5, 5.41) is 9.46. The standard InChI is InChI=1S/C12H12BrN5O/c1-9(13)6-15-12(19)17-10-4-2-3-5-11(10)18-8-14-7-16-18/h2-5,7-8H,1,6H2,(H2,15,17,19). The van der Waals surface area contributed by atoms with Gasteiger partial charge in [-0.25, -0.2) is 14.5 Å². The Hall–Kier alpha value is -2.15. The number of hydrogen-bond donors (Lipinski definition) is 2. The van der Waals surface area contributed by atoms with Crippen molar-refractivity contribution in [3.63, 3.8) is 0 Å². The molecule has 0 unspecified atom stereocenters. The summed E-state index contributed by atoms with van der Waals surface area (Å²) in [4.78, 5) is 15.6.